The predicted octanol–water partition coefficient (Wildman–Crippen LogP) is 2.76. The van der Waals surface area contributed by atoms with Crippen molar-refractivity contribution in [1.29, 1.82) is 0 Å². The SMILES string of the molecule is COC(=O)C12CCC(C(=O)N3CCC(F)(F)CC3)(CC1)CC2. The van der Waals surface area contributed by atoms with E-state index in [9.17, 15) is 18.4 Å². The van der Waals surface area contributed by atoms with Crippen molar-refractivity contribution in [2.45, 2.75) is 57.3 Å². The fraction of sp³-hybridized carbons (Fsp3) is 0.875. The van der Waals surface area contributed by atoms with Gasteiger partial charge in [-0.2, -0.15) is 0 Å². The summed E-state index contributed by atoms with van der Waals surface area (Å²) in [6.45, 7) is 0.297. The second kappa shape index (κ2) is 5.17. The molecule has 0 atom stereocenters. The first-order chi connectivity index (χ1) is 10.3. The maximum atomic E-state index is 13.3. The highest BCUT2D eigenvalue weighted by atomic mass is 19.3. The number of alkyl halides is 2. The molecule has 2 bridgehead atoms. The quantitative estimate of drug-likeness (QED) is 0.736. The number of halogens is 2. The van der Waals surface area contributed by atoms with Crippen molar-refractivity contribution in [3.8, 4) is 0 Å². The van der Waals surface area contributed by atoms with Crippen LogP contribution in [0.15, 0.2) is 0 Å². The number of fused-ring (bicyclic) bond motifs is 3. The number of carbonyl (C=O) groups excluding carboxylic acids is 2. The molecule has 6 heteroatoms. The number of likely N-dealkylation sites (tertiary alicyclic amines) is 1. The molecule has 1 heterocycles. The average molecular weight is 315 g/mol. The third-order valence-corrected chi connectivity index (χ3v) is 6.10. The van der Waals surface area contributed by atoms with Crippen LogP contribution in [-0.4, -0.2) is 42.9 Å². The van der Waals surface area contributed by atoms with Crippen molar-refractivity contribution in [2.75, 3.05) is 20.2 Å². The Labute approximate surface area is 129 Å². The molecule has 0 aromatic carbocycles. The van der Waals surface area contributed by atoms with E-state index in [4.69, 9.17) is 4.74 Å². The molecule has 0 N–H and O–H groups in total. The maximum Gasteiger partial charge on any atom is 0.311 e. The number of hydrogen-bond donors (Lipinski definition) is 0. The van der Waals surface area contributed by atoms with E-state index in [2.05, 4.69) is 0 Å². The standard InChI is InChI=1S/C16H23F2NO3/c1-22-13(21)15-5-2-14(3-6-15,4-7-15)12(20)19-10-8-16(17,18)9-11-19/h2-11H2,1H3. The van der Waals surface area contributed by atoms with E-state index in [0.717, 1.165) is 0 Å². The lowest BCUT2D eigenvalue weighted by Crippen LogP contribution is -2.55. The normalized spacial score (nSPS) is 37.0. The number of ether oxygens (including phenoxy) is 1. The van der Waals surface area contributed by atoms with Gasteiger partial charge in [0, 0.05) is 31.3 Å². The van der Waals surface area contributed by atoms with E-state index in [1.807, 2.05) is 0 Å². The Morgan fingerprint density at radius 3 is 1.77 bits per heavy atom. The monoisotopic (exact) mass is 315 g/mol. The third-order valence-electron chi connectivity index (χ3n) is 6.10. The van der Waals surface area contributed by atoms with Crippen LogP contribution in [0.5, 0.6) is 0 Å². The van der Waals surface area contributed by atoms with Crippen LogP contribution in [0.2, 0.25) is 0 Å². The van der Waals surface area contributed by atoms with Crippen LogP contribution in [0, 0.1) is 10.8 Å². The number of hydrogen-bond acceptors (Lipinski definition) is 3. The molecule has 1 amide bonds. The minimum absolute atomic E-state index is 0.0289. The van der Waals surface area contributed by atoms with Gasteiger partial charge in [0.2, 0.25) is 5.91 Å². The van der Waals surface area contributed by atoms with E-state index < -0.39 is 16.8 Å². The molecule has 4 rings (SSSR count). The number of nitrogens with zero attached hydrogens (tertiary/aromatic N) is 1. The molecule has 1 aliphatic heterocycles. The van der Waals surface area contributed by atoms with E-state index >= 15 is 0 Å². The number of carbonyl (C=O) groups is 2. The highest BCUT2D eigenvalue weighted by molar-refractivity contribution is 5.85. The average Bonchev–Trinajstić information content (AvgIpc) is 2.55. The summed E-state index contributed by atoms with van der Waals surface area (Å²) in [5.41, 5.74) is -0.839. The molecule has 4 nitrogen and oxygen atoms in total. The highest BCUT2D eigenvalue weighted by Gasteiger charge is 2.57. The van der Waals surface area contributed by atoms with Crippen LogP contribution in [0.3, 0.4) is 0 Å². The molecule has 3 saturated carbocycles. The van der Waals surface area contributed by atoms with E-state index in [1.54, 1.807) is 4.90 Å². The summed E-state index contributed by atoms with van der Waals surface area (Å²) < 4.78 is 31.4. The zero-order valence-corrected chi connectivity index (χ0v) is 13.0. The summed E-state index contributed by atoms with van der Waals surface area (Å²) >= 11 is 0. The van der Waals surface area contributed by atoms with E-state index in [1.165, 1.54) is 7.11 Å². The second-order valence-corrected chi connectivity index (χ2v) is 7.20. The minimum Gasteiger partial charge on any atom is -0.469 e. The second-order valence-electron chi connectivity index (χ2n) is 7.20. The number of esters is 1. The Morgan fingerprint density at radius 2 is 1.32 bits per heavy atom. The van der Waals surface area contributed by atoms with Crippen LogP contribution in [-0.2, 0) is 14.3 Å². The number of rotatable bonds is 2. The topological polar surface area (TPSA) is 46.6 Å². The summed E-state index contributed by atoms with van der Waals surface area (Å²) in [6.07, 6.45) is 3.58. The fourth-order valence-corrected chi connectivity index (χ4v) is 4.40. The van der Waals surface area contributed by atoms with Crippen LogP contribution in [0.4, 0.5) is 8.78 Å². The Morgan fingerprint density at radius 1 is 0.864 bits per heavy atom. The molecule has 3 aliphatic carbocycles. The van der Waals surface area contributed by atoms with Gasteiger partial charge in [0.25, 0.3) is 5.92 Å². The molecule has 0 aromatic rings. The Bertz CT molecular complexity index is 457. The molecule has 0 aromatic heterocycles. The van der Waals surface area contributed by atoms with Gasteiger partial charge in [0.15, 0.2) is 0 Å². The summed E-state index contributed by atoms with van der Waals surface area (Å²) in [5.74, 6) is -2.76. The van der Waals surface area contributed by atoms with Gasteiger partial charge in [-0.3, -0.25) is 9.59 Å². The van der Waals surface area contributed by atoms with Gasteiger partial charge in [-0.15, -0.1) is 0 Å². The van der Waals surface area contributed by atoms with Crippen molar-refractivity contribution >= 4 is 11.9 Å². The zero-order chi connectivity index (χ0) is 16.0. The number of amides is 1. The van der Waals surface area contributed by atoms with Crippen LogP contribution >= 0.6 is 0 Å². The summed E-state index contributed by atoms with van der Waals surface area (Å²) in [5, 5.41) is 0. The van der Waals surface area contributed by atoms with Crippen molar-refractivity contribution in [3.63, 3.8) is 0 Å². The molecule has 124 valence electrons. The first-order valence-corrected chi connectivity index (χ1v) is 8.08. The van der Waals surface area contributed by atoms with Gasteiger partial charge in [-0.25, -0.2) is 8.78 Å². The van der Waals surface area contributed by atoms with E-state index in [-0.39, 0.29) is 37.8 Å². The van der Waals surface area contributed by atoms with Crippen LogP contribution in [0.1, 0.15) is 51.4 Å². The lowest BCUT2D eigenvalue weighted by atomic mass is 9.53. The molecular weight excluding hydrogens is 292 g/mol. The van der Waals surface area contributed by atoms with Crippen molar-refractivity contribution < 1.29 is 23.1 Å². The summed E-state index contributed by atoms with van der Waals surface area (Å²) in [6, 6.07) is 0. The van der Waals surface area contributed by atoms with Crippen molar-refractivity contribution in [1.82, 2.24) is 4.90 Å². The maximum absolute atomic E-state index is 13.3. The molecule has 22 heavy (non-hydrogen) atoms. The van der Waals surface area contributed by atoms with E-state index in [0.29, 0.717) is 38.5 Å². The zero-order valence-electron chi connectivity index (χ0n) is 13.0. The number of piperidine rings is 1. The molecule has 4 fully saturated rings. The summed E-state index contributed by atoms with van der Waals surface area (Å²) in [7, 11) is 1.41. The molecule has 4 aliphatic rings. The first kappa shape index (κ1) is 15.7. The molecule has 0 spiro atoms. The smallest absolute Gasteiger partial charge is 0.311 e. The largest absolute Gasteiger partial charge is 0.469 e. The van der Waals surface area contributed by atoms with Crippen molar-refractivity contribution in [3.05, 3.63) is 0 Å². The molecule has 0 unspecified atom stereocenters. The number of methoxy groups -OCH3 is 1. The van der Waals surface area contributed by atoms with Crippen LogP contribution in [0.25, 0.3) is 0 Å². The van der Waals surface area contributed by atoms with Gasteiger partial charge in [0.1, 0.15) is 0 Å². The van der Waals surface area contributed by atoms with Gasteiger partial charge in [0.05, 0.1) is 12.5 Å². The lowest BCUT2D eigenvalue weighted by molar-refractivity contribution is -0.171. The van der Waals surface area contributed by atoms with Crippen LogP contribution < -0.4 is 0 Å². The lowest BCUT2D eigenvalue weighted by Gasteiger charge is -2.52. The van der Waals surface area contributed by atoms with Gasteiger partial charge < -0.3 is 9.64 Å². The van der Waals surface area contributed by atoms with Crippen molar-refractivity contribution in [2.24, 2.45) is 10.8 Å². The first-order valence-electron chi connectivity index (χ1n) is 8.08. The van der Waals surface area contributed by atoms with Gasteiger partial charge in [-0.1, -0.05) is 0 Å². The summed E-state index contributed by atoms with van der Waals surface area (Å²) in [4.78, 5) is 26.5. The fourth-order valence-electron chi connectivity index (χ4n) is 4.40. The van der Waals surface area contributed by atoms with Gasteiger partial charge >= 0.3 is 5.97 Å². The Kier molecular flexibility index (Phi) is 3.68. The Hall–Kier alpha value is -1.20. The predicted molar refractivity (Wildman–Crippen MR) is 75.3 cm³/mol. The molecule has 1 saturated heterocycles. The van der Waals surface area contributed by atoms with Gasteiger partial charge in [-0.05, 0) is 38.5 Å². The molecule has 0 radical (unpaired) electrons. The highest BCUT2D eigenvalue weighted by Crippen LogP contribution is 2.58. The molecular formula is C16H23F2NO3. The Balaban J connectivity index is 1.67. The third kappa shape index (κ3) is 2.40. The minimum atomic E-state index is -2.63.